The molecule has 1 fully saturated rings. The molecule has 8 nitrogen and oxygen atoms in total. The lowest BCUT2D eigenvalue weighted by atomic mass is 9.91. The molecule has 0 bridgehead atoms. The Morgan fingerprint density at radius 2 is 2.10 bits per heavy atom. The van der Waals surface area contributed by atoms with Crippen LogP contribution >= 0.6 is 0 Å². The summed E-state index contributed by atoms with van der Waals surface area (Å²) in [6.07, 6.45) is 6.76. The van der Waals surface area contributed by atoms with Crippen LogP contribution in [0.25, 0.3) is 0 Å². The molecule has 2 N–H and O–H groups in total. The van der Waals surface area contributed by atoms with Gasteiger partial charge in [0.2, 0.25) is 10.0 Å². The van der Waals surface area contributed by atoms with Gasteiger partial charge in [0.15, 0.2) is 0 Å². The predicted octanol–water partition coefficient (Wildman–Crippen LogP) is 0.362. The highest BCUT2D eigenvalue weighted by molar-refractivity contribution is 7.89. The lowest BCUT2D eigenvalue weighted by Gasteiger charge is -2.21. The van der Waals surface area contributed by atoms with Gasteiger partial charge in [-0.15, -0.1) is 5.10 Å². The fourth-order valence-corrected chi connectivity index (χ4v) is 3.98. The molecule has 0 amide bonds. The third kappa shape index (κ3) is 5.43. The van der Waals surface area contributed by atoms with Crippen molar-refractivity contribution in [3.8, 4) is 0 Å². The summed E-state index contributed by atoms with van der Waals surface area (Å²) in [5, 5.41) is 16.0. The molecule has 0 atom stereocenters. The van der Waals surface area contributed by atoms with Crippen molar-refractivity contribution in [3.05, 3.63) is 11.9 Å². The van der Waals surface area contributed by atoms with E-state index in [0.29, 0.717) is 5.69 Å². The average Bonchev–Trinajstić information content (AvgIpc) is 2.84. The molecule has 0 radical (unpaired) electrons. The van der Waals surface area contributed by atoms with E-state index in [1.165, 1.54) is 12.6 Å². The molecule has 0 spiro atoms. The van der Waals surface area contributed by atoms with Crippen LogP contribution in [0.1, 0.15) is 37.8 Å². The van der Waals surface area contributed by atoms with Crippen molar-refractivity contribution >= 4 is 16.0 Å². The largest absolute Gasteiger partial charge is 0.480 e. The summed E-state index contributed by atoms with van der Waals surface area (Å²) in [5.74, 6) is -0.640. The Bertz CT molecular complexity index is 578. The van der Waals surface area contributed by atoms with Crippen LogP contribution in [0.4, 0.5) is 0 Å². The maximum atomic E-state index is 12.0. The SMILES string of the molecule is O=C(O)Cn1cc(CNS(=O)(=O)CC2CCCCC2)nn1. The Hall–Kier alpha value is -1.48. The standard InChI is InChI=1S/C12H20N4O4S/c17-12(18)8-16-7-11(14-15-16)6-13-21(19,20)9-10-4-2-1-3-5-10/h7,10,13H,1-6,8-9H2,(H,17,18). The molecule has 1 aromatic heterocycles. The summed E-state index contributed by atoms with van der Waals surface area (Å²) >= 11 is 0. The molecule has 9 heteroatoms. The van der Waals surface area contributed by atoms with Gasteiger partial charge in [0.05, 0.1) is 24.2 Å². The maximum absolute atomic E-state index is 12.0. The maximum Gasteiger partial charge on any atom is 0.325 e. The first-order chi connectivity index (χ1) is 9.94. The number of hydrogen-bond acceptors (Lipinski definition) is 5. The normalized spacial score (nSPS) is 17.0. The molecule has 1 aliphatic carbocycles. The first-order valence-electron chi connectivity index (χ1n) is 7.03. The average molecular weight is 316 g/mol. The van der Waals surface area contributed by atoms with Gasteiger partial charge >= 0.3 is 5.97 Å². The minimum atomic E-state index is -3.34. The first-order valence-corrected chi connectivity index (χ1v) is 8.68. The Morgan fingerprint density at radius 1 is 1.38 bits per heavy atom. The minimum absolute atomic E-state index is 0.0364. The van der Waals surface area contributed by atoms with Gasteiger partial charge in [-0.3, -0.25) is 4.79 Å². The first kappa shape index (κ1) is 15.9. The smallest absolute Gasteiger partial charge is 0.325 e. The minimum Gasteiger partial charge on any atom is -0.480 e. The third-order valence-corrected chi connectivity index (χ3v) is 5.03. The van der Waals surface area contributed by atoms with E-state index in [1.807, 2.05) is 0 Å². The molecule has 0 aliphatic heterocycles. The number of nitrogens with zero attached hydrogens (tertiary/aromatic N) is 3. The number of carbonyl (C=O) groups is 1. The van der Waals surface area contributed by atoms with Crippen molar-refractivity contribution in [2.24, 2.45) is 5.92 Å². The number of nitrogens with one attached hydrogen (secondary N) is 1. The van der Waals surface area contributed by atoms with Crippen LogP contribution in [-0.2, 0) is 27.9 Å². The highest BCUT2D eigenvalue weighted by atomic mass is 32.2. The van der Waals surface area contributed by atoms with Crippen molar-refractivity contribution in [2.45, 2.75) is 45.2 Å². The molecule has 0 saturated heterocycles. The molecular formula is C12H20N4O4S. The second-order valence-corrected chi connectivity index (χ2v) is 7.26. The highest BCUT2D eigenvalue weighted by Gasteiger charge is 2.21. The van der Waals surface area contributed by atoms with Crippen LogP contribution < -0.4 is 4.72 Å². The van der Waals surface area contributed by atoms with Crippen LogP contribution in [0.15, 0.2) is 6.20 Å². The molecule has 1 aromatic rings. The topological polar surface area (TPSA) is 114 Å². The van der Waals surface area contributed by atoms with E-state index >= 15 is 0 Å². The molecule has 1 saturated carbocycles. The summed E-state index contributed by atoms with van der Waals surface area (Å²) in [6.45, 7) is -0.253. The van der Waals surface area contributed by atoms with Gasteiger partial charge < -0.3 is 5.11 Å². The Kier molecular flexibility index (Phi) is 5.29. The summed E-state index contributed by atoms with van der Waals surface area (Å²) in [6, 6.07) is 0. The summed E-state index contributed by atoms with van der Waals surface area (Å²) < 4.78 is 27.7. The van der Waals surface area contributed by atoms with Gasteiger partial charge in [-0.2, -0.15) is 0 Å². The number of sulfonamides is 1. The molecule has 1 aliphatic rings. The van der Waals surface area contributed by atoms with Gasteiger partial charge in [-0.25, -0.2) is 17.8 Å². The van der Waals surface area contributed by atoms with Crippen LogP contribution in [0.5, 0.6) is 0 Å². The number of hydrogen-bond donors (Lipinski definition) is 2. The van der Waals surface area contributed by atoms with Gasteiger partial charge in [-0.05, 0) is 18.8 Å². The zero-order valence-electron chi connectivity index (χ0n) is 11.7. The monoisotopic (exact) mass is 316 g/mol. The van der Waals surface area contributed by atoms with Gasteiger partial charge in [0, 0.05) is 0 Å². The van der Waals surface area contributed by atoms with E-state index in [1.54, 1.807) is 0 Å². The number of carboxylic acids is 1. The van der Waals surface area contributed by atoms with Gasteiger partial charge in [0.25, 0.3) is 0 Å². The van der Waals surface area contributed by atoms with Crippen LogP contribution in [0, 0.1) is 5.92 Å². The quantitative estimate of drug-likeness (QED) is 0.751. The second kappa shape index (κ2) is 6.99. The zero-order chi connectivity index (χ0) is 15.3. The van der Waals surface area contributed by atoms with Crippen LogP contribution in [0.2, 0.25) is 0 Å². The number of aliphatic carboxylic acids is 1. The Labute approximate surface area is 123 Å². The molecule has 0 aromatic carbocycles. The van der Waals surface area contributed by atoms with E-state index in [2.05, 4.69) is 15.0 Å². The molecular weight excluding hydrogens is 296 g/mol. The van der Waals surface area contributed by atoms with Crippen molar-refractivity contribution < 1.29 is 18.3 Å². The number of aromatic nitrogens is 3. The second-order valence-electron chi connectivity index (χ2n) is 5.41. The fraction of sp³-hybridized carbons (Fsp3) is 0.750. The number of rotatable bonds is 7. The van der Waals surface area contributed by atoms with Crippen LogP contribution in [0.3, 0.4) is 0 Å². The van der Waals surface area contributed by atoms with E-state index in [0.717, 1.165) is 30.4 Å². The van der Waals surface area contributed by atoms with Crippen molar-refractivity contribution in [1.29, 1.82) is 0 Å². The van der Waals surface area contributed by atoms with Crippen molar-refractivity contribution in [2.75, 3.05) is 5.75 Å². The fourth-order valence-electron chi connectivity index (χ4n) is 2.54. The number of carboxylic acid groups (broad SMARTS) is 1. The molecule has 0 unspecified atom stereocenters. The van der Waals surface area contributed by atoms with Gasteiger partial charge in [0.1, 0.15) is 6.54 Å². The lowest BCUT2D eigenvalue weighted by molar-refractivity contribution is -0.137. The Morgan fingerprint density at radius 3 is 2.76 bits per heavy atom. The lowest BCUT2D eigenvalue weighted by Crippen LogP contribution is -2.30. The highest BCUT2D eigenvalue weighted by Crippen LogP contribution is 2.24. The molecule has 1 heterocycles. The third-order valence-electron chi connectivity index (χ3n) is 3.54. The predicted molar refractivity (Wildman–Crippen MR) is 74.9 cm³/mol. The van der Waals surface area contributed by atoms with Crippen molar-refractivity contribution in [3.63, 3.8) is 0 Å². The Balaban J connectivity index is 1.83. The zero-order valence-corrected chi connectivity index (χ0v) is 12.5. The van der Waals surface area contributed by atoms with E-state index in [9.17, 15) is 13.2 Å². The van der Waals surface area contributed by atoms with Crippen LogP contribution in [-0.4, -0.2) is 40.2 Å². The summed E-state index contributed by atoms with van der Waals surface area (Å²) in [4.78, 5) is 10.5. The summed E-state index contributed by atoms with van der Waals surface area (Å²) in [5.41, 5.74) is 0.406. The summed E-state index contributed by atoms with van der Waals surface area (Å²) in [7, 11) is -3.34. The molecule has 2 rings (SSSR count). The van der Waals surface area contributed by atoms with Crippen molar-refractivity contribution in [1.82, 2.24) is 19.7 Å². The van der Waals surface area contributed by atoms with E-state index in [4.69, 9.17) is 5.11 Å². The van der Waals surface area contributed by atoms with E-state index in [-0.39, 0.29) is 24.8 Å². The van der Waals surface area contributed by atoms with E-state index < -0.39 is 16.0 Å². The molecule has 118 valence electrons. The molecule has 21 heavy (non-hydrogen) atoms. The van der Waals surface area contributed by atoms with Gasteiger partial charge in [-0.1, -0.05) is 24.5 Å².